The van der Waals surface area contributed by atoms with Crippen LogP contribution in [0.5, 0.6) is 0 Å². The van der Waals surface area contributed by atoms with Crippen LogP contribution in [0.4, 0.5) is 26.3 Å². The Morgan fingerprint density at radius 3 is 2.22 bits per heavy atom. The standard InChI is InChI=1S/C25H25F6N5O/c1-14(15-10-17(24(26,27)28)12-18(11-15)25(29,30)31)37-21-9-8-20-19(22-33-35-36(2)34-22)13-23(21,32-20)16-6-4-3-5-7-16/h3-7,10-12,14,19-21,32H,8-9,13H2,1-2H3/t14-,19?,20?,21?,23?/m0/s1. The van der Waals surface area contributed by atoms with Gasteiger partial charge in [-0.2, -0.15) is 31.1 Å². The summed E-state index contributed by atoms with van der Waals surface area (Å²) in [5, 5.41) is 16.2. The van der Waals surface area contributed by atoms with E-state index in [-0.39, 0.29) is 23.6 Å². The van der Waals surface area contributed by atoms with Crippen molar-refractivity contribution < 1.29 is 31.1 Å². The number of tetrazole rings is 1. The fraction of sp³-hybridized carbons (Fsp3) is 0.480. The number of fused-ring (bicyclic) bond motifs is 2. The molecule has 198 valence electrons. The number of ether oxygens (including phenoxy) is 1. The molecule has 0 radical (unpaired) electrons. The van der Waals surface area contributed by atoms with Crippen LogP contribution < -0.4 is 5.32 Å². The highest BCUT2D eigenvalue weighted by molar-refractivity contribution is 5.36. The first-order chi connectivity index (χ1) is 17.4. The molecule has 3 heterocycles. The van der Waals surface area contributed by atoms with E-state index < -0.39 is 41.2 Å². The van der Waals surface area contributed by atoms with Crippen LogP contribution in [0.3, 0.4) is 0 Å². The van der Waals surface area contributed by atoms with Gasteiger partial charge in [0.15, 0.2) is 5.82 Å². The van der Waals surface area contributed by atoms with Gasteiger partial charge in [-0.3, -0.25) is 0 Å². The van der Waals surface area contributed by atoms with Gasteiger partial charge in [0.25, 0.3) is 0 Å². The van der Waals surface area contributed by atoms with Crippen molar-refractivity contribution in [3.05, 3.63) is 76.6 Å². The van der Waals surface area contributed by atoms with Gasteiger partial charge in [-0.15, -0.1) is 10.2 Å². The molecule has 1 N–H and O–H groups in total. The second kappa shape index (κ2) is 9.09. The number of benzene rings is 2. The van der Waals surface area contributed by atoms with E-state index in [4.69, 9.17) is 4.74 Å². The van der Waals surface area contributed by atoms with Gasteiger partial charge in [0, 0.05) is 12.0 Å². The lowest BCUT2D eigenvalue weighted by Gasteiger charge is -2.43. The Kier molecular flexibility index (Phi) is 6.30. The molecule has 0 spiro atoms. The van der Waals surface area contributed by atoms with Gasteiger partial charge in [-0.1, -0.05) is 30.3 Å². The molecule has 12 heteroatoms. The molecule has 5 atom stereocenters. The fourth-order valence-corrected chi connectivity index (χ4v) is 5.62. The molecule has 6 nitrogen and oxygen atoms in total. The Bertz CT molecular complexity index is 1230. The Balaban J connectivity index is 1.50. The number of nitrogens with one attached hydrogen (secondary N) is 1. The number of hydrogen-bond donors (Lipinski definition) is 1. The van der Waals surface area contributed by atoms with Crippen molar-refractivity contribution in [1.29, 1.82) is 0 Å². The summed E-state index contributed by atoms with van der Waals surface area (Å²) in [7, 11) is 1.68. The largest absolute Gasteiger partial charge is 0.416 e. The van der Waals surface area contributed by atoms with E-state index in [1.54, 1.807) is 7.05 Å². The topological polar surface area (TPSA) is 64.9 Å². The third kappa shape index (κ3) is 4.84. The van der Waals surface area contributed by atoms with E-state index in [1.165, 1.54) is 11.7 Å². The molecule has 2 fully saturated rings. The van der Waals surface area contributed by atoms with Crippen molar-refractivity contribution in [3.8, 4) is 0 Å². The normalized spacial score (nSPS) is 26.9. The second-order valence-electron chi connectivity index (χ2n) is 9.72. The molecular weight excluding hydrogens is 500 g/mol. The van der Waals surface area contributed by atoms with Crippen LogP contribution in [0, 0.1) is 0 Å². The lowest BCUT2D eigenvalue weighted by atomic mass is 9.79. The Morgan fingerprint density at radius 2 is 1.65 bits per heavy atom. The number of aromatic nitrogens is 4. The molecule has 0 saturated carbocycles. The van der Waals surface area contributed by atoms with E-state index in [0.717, 1.165) is 17.7 Å². The zero-order chi connectivity index (χ0) is 26.6. The zero-order valence-corrected chi connectivity index (χ0v) is 20.0. The number of halogens is 6. The molecule has 4 unspecified atom stereocenters. The van der Waals surface area contributed by atoms with Gasteiger partial charge in [0.2, 0.25) is 0 Å². The molecule has 2 aliphatic rings. The van der Waals surface area contributed by atoms with Crippen molar-refractivity contribution in [2.24, 2.45) is 7.05 Å². The molecule has 3 aromatic rings. The third-order valence-corrected chi connectivity index (χ3v) is 7.35. The number of rotatable bonds is 5. The van der Waals surface area contributed by atoms with Gasteiger partial charge in [-0.05, 0) is 60.7 Å². The smallest absolute Gasteiger partial charge is 0.368 e. The van der Waals surface area contributed by atoms with E-state index in [9.17, 15) is 26.3 Å². The van der Waals surface area contributed by atoms with E-state index in [1.807, 2.05) is 30.3 Å². The first-order valence-electron chi connectivity index (χ1n) is 11.9. The molecule has 5 rings (SSSR count). The average Bonchev–Trinajstić information content (AvgIpc) is 3.41. The molecule has 2 aromatic carbocycles. The molecule has 0 aliphatic carbocycles. The van der Waals surface area contributed by atoms with Crippen LogP contribution in [0.25, 0.3) is 0 Å². The molecular formula is C25H25F6N5O. The van der Waals surface area contributed by atoms with Crippen molar-refractivity contribution in [2.75, 3.05) is 0 Å². The SMILES string of the molecule is C[C@H](OC1CCC2NC1(c1ccccc1)CC2c1nnn(C)n1)c1cc(C(F)(F)F)cc(C(F)(F)F)c1. The highest BCUT2D eigenvalue weighted by atomic mass is 19.4. The van der Waals surface area contributed by atoms with Crippen molar-refractivity contribution >= 4 is 0 Å². The fourth-order valence-electron chi connectivity index (χ4n) is 5.62. The van der Waals surface area contributed by atoms with Gasteiger partial charge < -0.3 is 10.1 Å². The van der Waals surface area contributed by atoms with Crippen LogP contribution in [-0.2, 0) is 29.7 Å². The first-order valence-corrected chi connectivity index (χ1v) is 11.9. The van der Waals surface area contributed by atoms with E-state index >= 15 is 0 Å². The van der Waals surface area contributed by atoms with Crippen LogP contribution in [0.15, 0.2) is 48.5 Å². The minimum Gasteiger partial charge on any atom is -0.368 e. The highest BCUT2D eigenvalue weighted by Gasteiger charge is 2.56. The van der Waals surface area contributed by atoms with Crippen molar-refractivity contribution in [2.45, 2.75) is 68.2 Å². The number of alkyl halides is 6. The minimum absolute atomic E-state index is 0.0185. The summed E-state index contributed by atoms with van der Waals surface area (Å²) < 4.78 is 86.9. The highest BCUT2D eigenvalue weighted by Crippen LogP contribution is 2.51. The maximum absolute atomic E-state index is 13.4. The second-order valence-corrected chi connectivity index (χ2v) is 9.72. The summed E-state index contributed by atoms with van der Waals surface area (Å²) in [6.07, 6.45) is -9.63. The lowest BCUT2D eigenvalue weighted by molar-refractivity contribution is -0.143. The maximum Gasteiger partial charge on any atom is 0.416 e. The van der Waals surface area contributed by atoms with Gasteiger partial charge in [-0.25, -0.2) is 0 Å². The van der Waals surface area contributed by atoms with Gasteiger partial charge in [0.05, 0.1) is 35.9 Å². The quantitative estimate of drug-likeness (QED) is 0.444. The van der Waals surface area contributed by atoms with Crippen LogP contribution >= 0.6 is 0 Å². The summed E-state index contributed by atoms with van der Waals surface area (Å²) in [6, 6.07) is 11.1. The lowest BCUT2D eigenvalue weighted by Crippen LogP contribution is -2.54. The number of nitrogens with zero attached hydrogens (tertiary/aromatic N) is 4. The monoisotopic (exact) mass is 525 g/mol. The Hall–Kier alpha value is -2.99. The molecule has 0 amide bonds. The molecule has 37 heavy (non-hydrogen) atoms. The van der Waals surface area contributed by atoms with Gasteiger partial charge in [0.1, 0.15) is 0 Å². The predicted octanol–water partition coefficient (Wildman–Crippen LogP) is 5.53. The predicted molar refractivity (Wildman–Crippen MR) is 120 cm³/mol. The van der Waals surface area contributed by atoms with Crippen LogP contribution in [-0.4, -0.2) is 32.4 Å². The summed E-state index contributed by atoms with van der Waals surface area (Å²) in [5.74, 6) is 0.502. The van der Waals surface area contributed by atoms with E-state index in [0.29, 0.717) is 25.1 Å². The van der Waals surface area contributed by atoms with E-state index in [2.05, 4.69) is 20.7 Å². The van der Waals surface area contributed by atoms with Crippen molar-refractivity contribution in [3.63, 3.8) is 0 Å². The third-order valence-electron chi connectivity index (χ3n) is 7.35. The van der Waals surface area contributed by atoms with Crippen molar-refractivity contribution in [1.82, 2.24) is 25.5 Å². The van der Waals surface area contributed by atoms with Crippen LogP contribution in [0.1, 0.15) is 66.3 Å². The zero-order valence-electron chi connectivity index (χ0n) is 20.0. The minimum atomic E-state index is -4.93. The molecule has 2 saturated heterocycles. The van der Waals surface area contributed by atoms with Crippen LogP contribution in [0.2, 0.25) is 0 Å². The number of hydrogen-bond acceptors (Lipinski definition) is 5. The maximum atomic E-state index is 13.4. The number of aryl methyl sites for hydroxylation is 1. The Labute approximate surface area is 209 Å². The first kappa shape index (κ1) is 25.7. The molecule has 1 aromatic heterocycles. The summed E-state index contributed by atoms with van der Waals surface area (Å²) >= 11 is 0. The Morgan fingerprint density at radius 1 is 1.00 bits per heavy atom. The summed E-state index contributed by atoms with van der Waals surface area (Å²) in [5.41, 5.74) is -2.71. The summed E-state index contributed by atoms with van der Waals surface area (Å²) in [4.78, 5) is 1.38. The molecule has 2 bridgehead atoms. The average molecular weight is 525 g/mol. The number of piperidine rings is 1. The summed E-state index contributed by atoms with van der Waals surface area (Å²) in [6.45, 7) is 1.48. The molecule has 2 aliphatic heterocycles. The van der Waals surface area contributed by atoms with Gasteiger partial charge >= 0.3 is 12.4 Å².